The molecule has 0 N–H and O–H groups in total. The Balaban J connectivity index is 1.83. The number of ether oxygens (including phenoxy) is 2. The lowest BCUT2D eigenvalue weighted by Crippen LogP contribution is -2.34. The van der Waals surface area contributed by atoms with Crippen molar-refractivity contribution in [1.82, 2.24) is 10.1 Å². The third-order valence-electron chi connectivity index (χ3n) is 4.02. The van der Waals surface area contributed by atoms with E-state index < -0.39 is 0 Å². The van der Waals surface area contributed by atoms with Crippen molar-refractivity contribution in [2.24, 2.45) is 0 Å². The molecule has 0 atom stereocenters. The Morgan fingerprint density at radius 2 is 2.29 bits per heavy atom. The SMILES string of the molecule is CCCc1cc(C(=O)N2CCCOc3c(cccc3OC)C2)no1. The first kappa shape index (κ1) is 16.4. The van der Waals surface area contributed by atoms with Gasteiger partial charge in [-0.15, -0.1) is 0 Å². The summed E-state index contributed by atoms with van der Waals surface area (Å²) >= 11 is 0. The topological polar surface area (TPSA) is 64.8 Å². The van der Waals surface area contributed by atoms with Crippen LogP contribution in [-0.2, 0) is 13.0 Å². The minimum Gasteiger partial charge on any atom is -0.493 e. The van der Waals surface area contributed by atoms with Crippen LogP contribution in [0.2, 0.25) is 0 Å². The lowest BCUT2D eigenvalue weighted by Gasteiger charge is -2.26. The summed E-state index contributed by atoms with van der Waals surface area (Å²) in [7, 11) is 1.62. The van der Waals surface area contributed by atoms with E-state index in [1.54, 1.807) is 18.1 Å². The highest BCUT2D eigenvalue weighted by atomic mass is 16.5. The van der Waals surface area contributed by atoms with E-state index >= 15 is 0 Å². The number of amides is 1. The lowest BCUT2D eigenvalue weighted by atomic mass is 10.1. The van der Waals surface area contributed by atoms with Crippen LogP contribution in [0.5, 0.6) is 11.5 Å². The molecule has 1 aliphatic heterocycles. The van der Waals surface area contributed by atoms with Crippen molar-refractivity contribution in [1.29, 1.82) is 0 Å². The minimum absolute atomic E-state index is 0.114. The van der Waals surface area contributed by atoms with Gasteiger partial charge in [0.15, 0.2) is 17.2 Å². The molecule has 1 aromatic heterocycles. The number of carbonyl (C=O) groups is 1. The van der Waals surface area contributed by atoms with Crippen LogP contribution in [0.3, 0.4) is 0 Å². The van der Waals surface area contributed by atoms with Crippen molar-refractivity contribution in [3.8, 4) is 11.5 Å². The predicted molar refractivity (Wildman–Crippen MR) is 88.3 cm³/mol. The fourth-order valence-corrected chi connectivity index (χ4v) is 2.84. The van der Waals surface area contributed by atoms with E-state index in [1.807, 2.05) is 18.2 Å². The second kappa shape index (κ2) is 7.38. The number of aryl methyl sites for hydroxylation is 1. The lowest BCUT2D eigenvalue weighted by molar-refractivity contribution is 0.0710. The van der Waals surface area contributed by atoms with Gasteiger partial charge < -0.3 is 18.9 Å². The van der Waals surface area contributed by atoms with Gasteiger partial charge in [0.05, 0.1) is 13.7 Å². The molecule has 6 heteroatoms. The van der Waals surface area contributed by atoms with E-state index in [2.05, 4.69) is 12.1 Å². The van der Waals surface area contributed by atoms with Gasteiger partial charge >= 0.3 is 0 Å². The Morgan fingerprint density at radius 1 is 1.42 bits per heavy atom. The molecule has 24 heavy (non-hydrogen) atoms. The number of hydrogen-bond acceptors (Lipinski definition) is 5. The molecule has 6 nitrogen and oxygen atoms in total. The Hall–Kier alpha value is -2.50. The number of carbonyl (C=O) groups excluding carboxylic acids is 1. The molecule has 0 saturated carbocycles. The monoisotopic (exact) mass is 330 g/mol. The van der Waals surface area contributed by atoms with Crippen LogP contribution >= 0.6 is 0 Å². The van der Waals surface area contributed by atoms with Gasteiger partial charge in [0.1, 0.15) is 5.76 Å². The van der Waals surface area contributed by atoms with Crippen LogP contribution in [0, 0.1) is 0 Å². The van der Waals surface area contributed by atoms with Crippen molar-refractivity contribution in [3.63, 3.8) is 0 Å². The van der Waals surface area contributed by atoms with Gasteiger partial charge in [-0.05, 0) is 18.9 Å². The van der Waals surface area contributed by atoms with Gasteiger partial charge in [0.25, 0.3) is 5.91 Å². The number of para-hydroxylation sites is 1. The number of benzene rings is 1. The van der Waals surface area contributed by atoms with Crippen molar-refractivity contribution >= 4 is 5.91 Å². The quantitative estimate of drug-likeness (QED) is 0.862. The highest BCUT2D eigenvalue weighted by Gasteiger charge is 2.24. The molecule has 0 saturated heterocycles. The van der Waals surface area contributed by atoms with Crippen molar-refractivity contribution in [3.05, 3.63) is 41.3 Å². The van der Waals surface area contributed by atoms with E-state index in [-0.39, 0.29) is 5.91 Å². The molecule has 0 fully saturated rings. The number of hydrogen-bond donors (Lipinski definition) is 0. The number of rotatable bonds is 4. The van der Waals surface area contributed by atoms with E-state index in [0.29, 0.717) is 36.9 Å². The van der Waals surface area contributed by atoms with E-state index in [9.17, 15) is 4.79 Å². The number of methoxy groups -OCH3 is 1. The molecular formula is C18H22N2O4. The largest absolute Gasteiger partial charge is 0.493 e. The maximum atomic E-state index is 12.8. The highest BCUT2D eigenvalue weighted by molar-refractivity contribution is 5.92. The standard InChI is InChI=1S/C18H22N2O4/c1-3-6-14-11-15(19-24-14)18(21)20-9-5-10-23-17-13(12-20)7-4-8-16(17)22-2/h4,7-8,11H,3,5-6,9-10,12H2,1-2H3. The Kier molecular flexibility index (Phi) is 5.03. The minimum atomic E-state index is -0.114. The summed E-state index contributed by atoms with van der Waals surface area (Å²) in [5.41, 5.74) is 1.30. The van der Waals surface area contributed by atoms with Crippen molar-refractivity contribution in [2.75, 3.05) is 20.3 Å². The molecule has 2 aromatic rings. The first-order chi connectivity index (χ1) is 11.7. The van der Waals surface area contributed by atoms with Gasteiger partial charge in [-0.1, -0.05) is 24.2 Å². The third kappa shape index (κ3) is 3.37. The van der Waals surface area contributed by atoms with Crippen LogP contribution in [0.15, 0.2) is 28.8 Å². The first-order valence-corrected chi connectivity index (χ1v) is 8.26. The Bertz CT molecular complexity index is 711. The fraction of sp³-hybridized carbons (Fsp3) is 0.444. The van der Waals surface area contributed by atoms with Crippen LogP contribution in [0.4, 0.5) is 0 Å². The molecule has 0 radical (unpaired) electrons. The van der Waals surface area contributed by atoms with Gasteiger partial charge in [0.2, 0.25) is 0 Å². The van der Waals surface area contributed by atoms with Crippen molar-refractivity contribution < 1.29 is 18.8 Å². The zero-order valence-electron chi connectivity index (χ0n) is 14.1. The number of aromatic nitrogens is 1. The fourth-order valence-electron chi connectivity index (χ4n) is 2.84. The molecule has 0 spiro atoms. The van der Waals surface area contributed by atoms with E-state index in [0.717, 1.165) is 30.6 Å². The maximum absolute atomic E-state index is 12.8. The summed E-state index contributed by atoms with van der Waals surface area (Å²) in [5, 5.41) is 3.93. The van der Waals surface area contributed by atoms with E-state index in [4.69, 9.17) is 14.0 Å². The predicted octanol–water partition coefficient (Wildman–Crippen LogP) is 3.06. The molecule has 0 bridgehead atoms. The zero-order chi connectivity index (χ0) is 16.9. The summed E-state index contributed by atoms with van der Waals surface area (Å²) < 4.78 is 16.4. The van der Waals surface area contributed by atoms with Gasteiger partial charge in [0, 0.05) is 31.1 Å². The first-order valence-electron chi connectivity index (χ1n) is 8.26. The summed E-state index contributed by atoms with van der Waals surface area (Å²) in [6.07, 6.45) is 2.49. The van der Waals surface area contributed by atoms with Crippen LogP contribution < -0.4 is 9.47 Å². The van der Waals surface area contributed by atoms with Gasteiger partial charge in [-0.25, -0.2) is 0 Å². The second-order valence-electron chi connectivity index (χ2n) is 5.81. The third-order valence-corrected chi connectivity index (χ3v) is 4.02. The molecular weight excluding hydrogens is 308 g/mol. The summed E-state index contributed by atoms with van der Waals surface area (Å²) in [6, 6.07) is 7.46. The number of fused-ring (bicyclic) bond motifs is 1. The molecule has 0 aliphatic carbocycles. The normalized spacial score (nSPS) is 14.3. The zero-order valence-corrected chi connectivity index (χ0v) is 14.1. The molecule has 1 aliphatic rings. The summed E-state index contributed by atoms with van der Waals surface area (Å²) in [4.78, 5) is 14.6. The summed E-state index contributed by atoms with van der Waals surface area (Å²) in [5.74, 6) is 2.04. The van der Waals surface area contributed by atoms with E-state index in [1.165, 1.54) is 0 Å². The van der Waals surface area contributed by atoms with Crippen LogP contribution in [0.25, 0.3) is 0 Å². The molecule has 1 aromatic carbocycles. The molecule has 0 unspecified atom stereocenters. The van der Waals surface area contributed by atoms with Gasteiger partial charge in [-0.2, -0.15) is 0 Å². The average molecular weight is 330 g/mol. The Morgan fingerprint density at radius 3 is 3.08 bits per heavy atom. The van der Waals surface area contributed by atoms with Crippen molar-refractivity contribution in [2.45, 2.75) is 32.7 Å². The second-order valence-corrected chi connectivity index (χ2v) is 5.81. The average Bonchev–Trinajstić information content (AvgIpc) is 3.03. The van der Waals surface area contributed by atoms with Crippen LogP contribution in [-0.4, -0.2) is 36.2 Å². The highest BCUT2D eigenvalue weighted by Crippen LogP contribution is 2.33. The van der Waals surface area contributed by atoms with Crippen LogP contribution in [0.1, 0.15) is 41.6 Å². The molecule has 1 amide bonds. The van der Waals surface area contributed by atoms with Gasteiger partial charge in [-0.3, -0.25) is 4.79 Å². The number of nitrogens with zero attached hydrogens (tertiary/aromatic N) is 2. The smallest absolute Gasteiger partial charge is 0.276 e. The molecule has 2 heterocycles. The molecule has 128 valence electrons. The summed E-state index contributed by atoms with van der Waals surface area (Å²) in [6.45, 7) is 3.68. The molecule has 3 rings (SSSR count). The Labute approximate surface area is 141 Å². The maximum Gasteiger partial charge on any atom is 0.276 e.